The first-order chi connectivity index (χ1) is 11.1. The lowest BCUT2D eigenvalue weighted by molar-refractivity contribution is 0.0461. The summed E-state index contributed by atoms with van der Waals surface area (Å²) in [5, 5.41) is 14.7. The van der Waals surface area contributed by atoms with Crippen LogP contribution in [0.3, 0.4) is 0 Å². The van der Waals surface area contributed by atoms with Gasteiger partial charge in [0.1, 0.15) is 0 Å². The van der Waals surface area contributed by atoms with Gasteiger partial charge in [-0.05, 0) is 66.6 Å². The molecular weight excluding hydrogens is 302 g/mol. The van der Waals surface area contributed by atoms with Gasteiger partial charge in [0.15, 0.2) is 0 Å². The summed E-state index contributed by atoms with van der Waals surface area (Å²) in [6.07, 6.45) is 5.40. The molecule has 0 radical (unpaired) electrons. The molecule has 2 aromatic rings. The van der Waals surface area contributed by atoms with Crippen molar-refractivity contribution in [2.45, 2.75) is 40.7 Å². The van der Waals surface area contributed by atoms with Crippen molar-refractivity contribution in [3.8, 4) is 0 Å². The van der Waals surface area contributed by atoms with E-state index >= 15 is 0 Å². The van der Waals surface area contributed by atoms with E-state index in [1.165, 1.54) is 9.79 Å². The normalized spacial score (nSPS) is 25.4. The van der Waals surface area contributed by atoms with Crippen LogP contribution >= 0.6 is 10.0 Å². The van der Waals surface area contributed by atoms with E-state index in [0.717, 1.165) is 25.0 Å². The largest absolute Gasteiger partial charge is 0.387 e. The molecule has 3 heteroatoms. The average molecular weight is 330 g/mol. The number of rotatable bonds is 5. The maximum absolute atomic E-state index is 11.4. The molecule has 1 aliphatic rings. The molecule has 0 amide bonds. The highest BCUT2D eigenvalue weighted by Crippen LogP contribution is 2.62. The van der Waals surface area contributed by atoms with Gasteiger partial charge in [0, 0.05) is 11.8 Å². The molecule has 2 nitrogen and oxygen atoms in total. The minimum absolute atomic E-state index is 0.196. The second-order valence-corrected chi connectivity index (χ2v) is 10.1. The topological polar surface area (TPSA) is 32.3 Å². The Labute approximate surface area is 141 Å². The van der Waals surface area contributed by atoms with Crippen LogP contribution in [-0.2, 0) is 0 Å². The summed E-state index contributed by atoms with van der Waals surface area (Å²) in [5.41, 5.74) is -0.621. The van der Waals surface area contributed by atoms with Gasteiger partial charge in [-0.2, -0.15) is 10.0 Å². The van der Waals surface area contributed by atoms with Gasteiger partial charge in [-0.15, -0.1) is 0 Å². The van der Waals surface area contributed by atoms with Crippen molar-refractivity contribution in [3.63, 3.8) is 0 Å². The van der Waals surface area contributed by atoms with Gasteiger partial charge in [0.2, 0.25) is 0 Å². The molecule has 2 aromatic carbocycles. The molecule has 0 aromatic heterocycles. The number of nitrogens with one attached hydrogen (secondary N) is 1. The van der Waals surface area contributed by atoms with Crippen LogP contribution in [0.15, 0.2) is 70.5 Å². The Morgan fingerprint density at radius 3 is 2.04 bits per heavy atom. The first-order valence-electron chi connectivity index (χ1n) is 8.34. The Morgan fingerprint density at radius 2 is 1.57 bits per heavy atom. The zero-order valence-corrected chi connectivity index (χ0v) is 14.9. The van der Waals surface area contributed by atoms with Gasteiger partial charge in [-0.3, -0.25) is 0 Å². The lowest BCUT2D eigenvalue weighted by Crippen LogP contribution is -2.49. The highest BCUT2D eigenvalue weighted by Gasteiger charge is 2.44. The second-order valence-electron chi connectivity index (χ2n) is 6.70. The summed E-state index contributed by atoms with van der Waals surface area (Å²) >= 11 is 0. The van der Waals surface area contributed by atoms with Crippen LogP contribution < -0.4 is 5.32 Å². The Hall–Kier alpha value is -1.29. The minimum atomic E-state index is -1.27. The Bertz CT molecular complexity index is 591. The van der Waals surface area contributed by atoms with Crippen LogP contribution in [0.4, 0.5) is 0 Å². The van der Waals surface area contributed by atoms with Crippen molar-refractivity contribution >= 4 is 10.0 Å². The highest BCUT2D eigenvalue weighted by molar-refractivity contribution is 8.33. The molecule has 1 fully saturated rings. The van der Waals surface area contributed by atoms with Gasteiger partial charge in [-0.1, -0.05) is 36.4 Å². The van der Waals surface area contributed by atoms with Crippen molar-refractivity contribution < 1.29 is 5.11 Å². The van der Waals surface area contributed by atoms with E-state index in [4.69, 9.17) is 0 Å². The lowest BCUT2D eigenvalue weighted by Gasteiger charge is -2.44. The van der Waals surface area contributed by atoms with Crippen molar-refractivity contribution in [1.82, 2.24) is 5.32 Å². The smallest absolute Gasteiger partial charge is 0.0881 e. The standard InChI is InChI=1S/C20H27NOS/c1-21-19-14-9-15-20(19,22)16-23(2,17-10-5-3-6-11-17)18-12-7-4-8-13-18/h3-8,10-13,19,21-22H,9,14-16H2,1-2H3/t19-,20+/m0/s1. The van der Waals surface area contributed by atoms with Gasteiger partial charge in [-0.25, -0.2) is 0 Å². The van der Waals surface area contributed by atoms with Crippen LogP contribution in [0.1, 0.15) is 19.3 Å². The predicted octanol–water partition coefficient (Wildman–Crippen LogP) is 4.04. The van der Waals surface area contributed by atoms with E-state index in [0.29, 0.717) is 0 Å². The van der Waals surface area contributed by atoms with E-state index in [9.17, 15) is 5.11 Å². The molecule has 124 valence electrons. The first-order valence-corrected chi connectivity index (χ1v) is 10.6. The molecule has 1 aliphatic carbocycles. The Kier molecular flexibility index (Phi) is 4.81. The summed E-state index contributed by atoms with van der Waals surface area (Å²) in [6, 6.07) is 21.6. The summed E-state index contributed by atoms with van der Waals surface area (Å²) in [6.45, 7) is 0. The maximum Gasteiger partial charge on any atom is 0.0881 e. The molecule has 0 bridgehead atoms. The van der Waals surface area contributed by atoms with Gasteiger partial charge >= 0.3 is 0 Å². The summed E-state index contributed by atoms with van der Waals surface area (Å²) in [4.78, 5) is 2.70. The van der Waals surface area contributed by atoms with Crippen LogP contribution in [0.5, 0.6) is 0 Å². The molecule has 1 saturated carbocycles. The van der Waals surface area contributed by atoms with Crippen molar-refractivity contribution in [3.05, 3.63) is 60.7 Å². The molecule has 3 rings (SSSR count). The fourth-order valence-corrected chi connectivity index (χ4v) is 7.35. The fraction of sp³-hybridized carbons (Fsp3) is 0.400. The summed E-state index contributed by atoms with van der Waals surface area (Å²) in [7, 11) is 0.700. The number of likely N-dealkylation sites (N-methyl/N-ethyl adjacent to an activating group) is 1. The van der Waals surface area contributed by atoms with E-state index in [2.05, 4.69) is 72.2 Å². The number of hydrogen-bond donors (Lipinski definition) is 2. The van der Waals surface area contributed by atoms with Gasteiger partial charge in [0.25, 0.3) is 0 Å². The van der Waals surface area contributed by atoms with Crippen LogP contribution in [-0.4, -0.2) is 35.8 Å². The van der Waals surface area contributed by atoms with Crippen LogP contribution in [0, 0.1) is 0 Å². The Balaban J connectivity index is 2.03. The van der Waals surface area contributed by atoms with Gasteiger partial charge in [0.05, 0.1) is 5.60 Å². The number of aliphatic hydroxyl groups is 1. The quantitative estimate of drug-likeness (QED) is 0.867. The highest BCUT2D eigenvalue weighted by atomic mass is 32.3. The van der Waals surface area contributed by atoms with E-state index in [-0.39, 0.29) is 6.04 Å². The number of benzene rings is 2. The predicted molar refractivity (Wildman–Crippen MR) is 99.4 cm³/mol. The third-order valence-corrected chi connectivity index (χ3v) is 8.87. The molecule has 0 saturated heterocycles. The van der Waals surface area contributed by atoms with E-state index < -0.39 is 15.6 Å². The summed E-state index contributed by atoms with van der Waals surface area (Å²) in [5.74, 6) is 0.819. The molecule has 0 spiro atoms. The first kappa shape index (κ1) is 16.6. The maximum atomic E-state index is 11.4. The van der Waals surface area contributed by atoms with E-state index in [1.54, 1.807) is 0 Å². The van der Waals surface area contributed by atoms with Crippen molar-refractivity contribution in [2.24, 2.45) is 0 Å². The fourth-order valence-electron chi connectivity index (χ4n) is 3.89. The molecule has 2 atom stereocenters. The molecule has 0 unspecified atom stereocenters. The molecule has 0 heterocycles. The van der Waals surface area contributed by atoms with Crippen LogP contribution in [0.2, 0.25) is 0 Å². The third kappa shape index (κ3) is 3.18. The molecular formula is C20H27NOS. The second kappa shape index (κ2) is 6.68. The third-order valence-electron chi connectivity index (χ3n) is 5.17. The van der Waals surface area contributed by atoms with Crippen molar-refractivity contribution in [2.75, 3.05) is 19.1 Å². The van der Waals surface area contributed by atoms with Gasteiger partial charge < -0.3 is 10.4 Å². The average Bonchev–Trinajstić information content (AvgIpc) is 2.96. The lowest BCUT2D eigenvalue weighted by atomic mass is 10.0. The molecule has 23 heavy (non-hydrogen) atoms. The SMILES string of the molecule is CN[C@H]1CCC[C@@]1(O)CS(C)(c1ccccc1)c1ccccc1. The zero-order valence-electron chi connectivity index (χ0n) is 14.0. The van der Waals surface area contributed by atoms with E-state index in [1.807, 2.05) is 7.05 Å². The number of hydrogen-bond acceptors (Lipinski definition) is 2. The van der Waals surface area contributed by atoms with Crippen LogP contribution in [0.25, 0.3) is 0 Å². The molecule has 2 N–H and O–H groups in total. The molecule has 0 aliphatic heterocycles. The Morgan fingerprint density at radius 1 is 1.04 bits per heavy atom. The monoisotopic (exact) mass is 329 g/mol. The minimum Gasteiger partial charge on any atom is -0.387 e. The van der Waals surface area contributed by atoms with Crippen molar-refractivity contribution in [1.29, 1.82) is 0 Å². The zero-order chi connectivity index (χ0) is 16.3. The summed E-state index contributed by atoms with van der Waals surface area (Å²) < 4.78 is 0.